The minimum atomic E-state index is -0.522. The molecule has 0 radical (unpaired) electrons. The molecule has 0 fully saturated rings. The van der Waals surface area contributed by atoms with Crippen LogP contribution in [0.1, 0.15) is 50.8 Å². The number of nitrogens with one attached hydrogen (secondary N) is 1. The molecular weight excluding hydrogens is 420 g/mol. The van der Waals surface area contributed by atoms with Gasteiger partial charge in [0, 0.05) is 31.1 Å². The second-order valence-electron chi connectivity index (χ2n) is 9.83. The molecule has 0 atom stereocenters. The molecule has 2 heterocycles. The number of nitrogens with zero attached hydrogens (tertiary/aromatic N) is 2. The van der Waals surface area contributed by atoms with Crippen molar-refractivity contribution in [1.82, 2.24) is 9.55 Å². The third-order valence-corrected chi connectivity index (χ3v) is 6.07. The highest BCUT2D eigenvalue weighted by molar-refractivity contribution is 5.83. The fraction of sp³-hybridized carbons (Fsp3) is 0.480. The molecule has 3 N–H and O–H groups in total. The number of H-pyrrole nitrogens is 1. The Morgan fingerprint density at radius 1 is 1.06 bits per heavy atom. The molecule has 0 unspecified atom stereocenters. The van der Waals surface area contributed by atoms with Crippen molar-refractivity contribution in [2.24, 2.45) is 11.8 Å². The summed E-state index contributed by atoms with van der Waals surface area (Å²) in [5.41, 5.74) is 9.04. The lowest BCUT2D eigenvalue weighted by Gasteiger charge is -2.28. The summed E-state index contributed by atoms with van der Waals surface area (Å²) in [6.07, 6.45) is 3.09. The van der Waals surface area contributed by atoms with Gasteiger partial charge in [-0.2, -0.15) is 0 Å². The maximum absolute atomic E-state index is 12.9. The van der Waals surface area contributed by atoms with Gasteiger partial charge in [0.2, 0.25) is 0 Å². The first-order chi connectivity index (χ1) is 15.6. The van der Waals surface area contributed by atoms with Gasteiger partial charge in [-0.15, -0.1) is 0 Å². The van der Waals surface area contributed by atoms with E-state index in [2.05, 4.69) is 11.1 Å². The van der Waals surface area contributed by atoms with Gasteiger partial charge < -0.3 is 15.1 Å². The van der Waals surface area contributed by atoms with Crippen LogP contribution in [-0.2, 0) is 25.9 Å². The van der Waals surface area contributed by atoms with Gasteiger partial charge in [0.05, 0.1) is 0 Å². The maximum Gasteiger partial charge on any atom is 0.336 e. The first kappa shape index (κ1) is 22.9. The van der Waals surface area contributed by atoms with Crippen molar-refractivity contribution in [2.45, 2.75) is 60.0 Å². The van der Waals surface area contributed by atoms with Crippen molar-refractivity contribution in [2.75, 3.05) is 17.2 Å². The number of anilines is 2. The molecule has 1 aliphatic rings. The van der Waals surface area contributed by atoms with Crippen LogP contribution < -0.4 is 27.5 Å². The van der Waals surface area contributed by atoms with Gasteiger partial charge in [0.25, 0.3) is 5.56 Å². The summed E-state index contributed by atoms with van der Waals surface area (Å²) in [4.78, 5) is 42.0. The van der Waals surface area contributed by atoms with E-state index >= 15 is 0 Å². The van der Waals surface area contributed by atoms with Gasteiger partial charge in [-0.1, -0.05) is 27.7 Å². The number of fused-ring (bicyclic) bond motifs is 2. The molecule has 0 bridgehead atoms. The number of hydrogen-bond donors (Lipinski definition) is 2. The fourth-order valence-electron chi connectivity index (χ4n) is 4.74. The quantitative estimate of drug-likeness (QED) is 0.533. The van der Waals surface area contributed by atoms with Crippen molar-refractivity contribution in [3.63, 3.8) is 0 Å². The molecule has 1 aromatic carbocycles. The van der Waals surface area contributed by atoms with Crippen LogP contribution in [0.25, 0.3) is 11.0 Å². The summed E-state index contributed by atoms with van der Waals surface area (Å²) in [5.74, 6) is 0.531. The van der Waals surface area contributed by atoms with Crippen molar-refractivity contribution < 1.29 is 4.42 Å². The predicted molar refractivity (Wildman–Crippen MR) is 131 cm³/mol. The Hall–Kier alpha value is -3.29. The lowest BCUT2D eigenvalue weighted by Crippen LogP contribution is -2.40. The number of aromatic amines is 1. The van der Waals surface area contributed by atoms with Gasteiger partial charge in [0.1, 0.15) is 17.1 Å². The second kappa shape index (κ2) is 8.92. The highest BCUT2D eigenvalue weighted by Crippen LogP contribution is 2.30. The summed E-state index contributed by atoms with van der Waals surface area (Å²) < 4.78 is 6.93. The van der Waals surface area contributed by atoms with Crippen LogP contribution in [0.3, 0.4) is 0 Å². The van der Waals surface area contributed by atoms with Crippen LogP contribution in [0.15, 0.2) is 37.0 Å². The molecule has 0 saturated heterocycles. The zero-order valence-electron chi connectivity index (χ0n) is 19.7. The number of nitrogens with two attached hydrogens (primary N) is 1. The van der Waals surface area contributed by atoms with E-state index in [9.17, 15) is 14.4 Å². The number of hydrogen-bond acceptors (Lipinski definition) is 6. The van der Waals surface area contributed by atoms with Gasteiger partial charge in [-0.05, 0) is 59.9 Å². The minimum Gasteiger partial charge on any atom is -0.423 e. The van der Waals surface area contributed by atoms with Crippen molar-refractivity contribution in [3.8, 4) is 0 Å². The molecule has 0 spiro atoms. The highest BCUT2D eigenvalue weighted by Gasteiger charge is 2.22. The first-order valence-electron chi connectivity index (χ1n) is 11.6. The number of aryl methyl sites for hydroxylation is 2. The topological polar surface area (TPSA) is 114 Å². The largest absolute Gasteiger partial charge is 0.423 e. The maximum atomic E-state index is 12.9. The summed E-state index contributed by atoms with van der Waals surface area (Å²) >= 11 is 0. The predicted octanol–water partition coefficient (Wildman–Crippen LogP) is 3.03. The van der Waals surface area contributed by atoms with E-state index in [1.54, 1.807) is 0 Å². The second-order valence-corrected chi connectivity index (χ2v) is 9.83. The Balaban J connectivity index is 1.86. The molecular formula is C25H32N4O4. The van der Waals surface area contributed by atoms with Crippen LogP contribution in [0.2, 0.25) is 0 Å². The van der Waals surface area contributed by atoms with Crippen molar-refractivity contribution in [3.05, 3.63) is 66.1 Å². The zero-order valence-corrected chi connectivity index (χ0v) is 19.7. The van der Waals surface area contributed by atoms with E-state index in [1.807, 2.05) is 38.7 Å². The lowest BCUT2D eigenvalue weighted by molar-refractivity contribution is 0.505. The van der Waals surface area contributed by atoms with Gasteiger partial charge in [-0.25, -0.2) is 9.59 Å². The smallest absolute Gasteiger partial charge is 0.336 e. The Morgan fingerprint density at radius 3 is 2.42 bits per heavy atom. The van der Waals surface area contributed by atoms with Gasteiger partial charge in [0.15, 0.2) is 0 Å². The van der Waals surface area contributed by atoms with Crippen LogP contribution in [0.5, 0.6) is 0 Å². The zero-order chi connectivity index (χ0) is 23.9. The monoisotopic (exact) mass is 452 g/mol. The molecule has 33 heavy (non-hydrogen) atoms. The minimum absolute atomic E-state index is 0.145. The molecule has 176 valence electrons. The third kappa shape index (κ3) is 4.60. The van der Waals surface area contributed by atoms with Crippen LogP contribution in [-0.4, -0.2) is 16.1 Å². The molecule has 8 nitrogen and oxygen atoms in total. The molecule has 1 aliphatic carbocycles. The van der Waals surface area contributed by atoms with E-state index in [0.29, 0.717) is 25.2 Å². The number of benzene rings is 1. The van der Waals surface area contributed by atoms with E-state index in [1.165, 1.54) is 21.8 Å². The van der Waals surface area contributed by atoms with Crippen LogP contribution >= 0.6 is 0 Å². The molecule has 8 heteroatoms. The summed E-state index contributed by atoms with van der Waals surface area (Å²) in [5, 5.41) is 0.870. The summed E-state index contributed by atoms with van der Waals surface area (Å²) in [6.45, 7) is 9.28. The Morgan fingerprint density at radius 2 is 1.76 bits per heavy atom. The molecule has 2 aromatic heterocycles. The fourth-order valence-corrected chi connectivity index (χ4v) is 4.74. The average Bonchev–Trinajstić information content (AvgIpc) is 3.16. The summed E-state index contributed by atoms with van der Waals surface area (Å²) in [6, 6.07) is 5.57. The SMILES string of the molecule is CC(C)CN(Cc1cc(=O)oc2cc3c(cc12)CCC3)c1c(N)n(CC(C)C)c(=O)[nH]c1=O. The van der Waals surface area contributed by atoms with E-state index in [4.69, 9.17) is 10.2 Å². The van der Waals surface area contributed by atoms with Gasteiger partial charge >= 0.3 is 11.3 Å². The van der Waals surface area contributed by atoms with Crippen LogP contribution in [0.4, 0.5) is 11.5 Å². The lowest BCUT2D eigenvalue weighted by atomic mass is 10.0. The number of rotatable bonds is 7. The Kier molecular flexibility index (Phi) is 6.19. The molecule has 4 rings (SSSR count). The van der Waals surface area contributed by atoms with Crippen molar-refractivity contribution in [1.29, 1.82) is 0 Å². The molecule has 0 aliphatic heterocycles. The van der Waals surface area contributed by atoms with E-state index in [-0.39, 0.29) is 23.3 Å². The standard InChI is InChI=1S/C25H32N4O4/c1-14(2)11-28(22-23(26)29(12-15(3)4)25(32)27-24(22)31)13-18-10-21(30)33-20-9-17-7-5-6-16(17)8-19(18)20/h8-10,14-15H,5-7,11-13,26H2,1-4H3,(H,27,31,32). The number of nitrogen functional groups attached to an aromatic ring is 1. The Bertz CT molecular complexity index is 1360. The average molecular weight is 453 g/mol. The third-order valence-electron chi connectivity index (χ3n) is 6.07. The molecule has 3 aromatic rings. The van der Waals surface area contributed by atoms with Crippen LogP contribution in [0, 0.1) is 11.8 Å². The summed E-state index contributed by atoms with van der Waals surface area (Å²) in [7, 11) is 0. The van der Waals surface area contributed by atoms with Gasteiger partial charge in [-0.3, -0.25) is 14.3 Å². The van der Waals surface area contributed by atoms with Crippen molar-refractivity contribution >= 4 is 22.5 Å². The normalized spacial score (nSPS) is 13.3. The Labute approximate surface area is 192 Å². The first-order valence-corrected chi connectivity index (χ1v) is 11.6. The number of aromatic nitrogens is 2. The van der Waals surface area contributed by atoms with E-state index < -0.39 is 16.9 Å². The molecule has 0 amide bonds. The molecule has 0 saturated carbocycles. The van der Waals surface area contributed by atoms with E-state index in [0.717, 1.165) is 30.2 Å². The highest BCUT2D eigenvalue weighted by atomic mass is 16.4.